The largest absolute Gasteiger partial charge is 0.482 e. The fourth-order valence-corrected chi connectivity index (χ4v) is 1.50. The van der Waals surface area contributed by atoms with Crippen molar-refractivity contribution in [2.75, 3.05) is 11.9 Å². The van der Waals surface area contributed by atoms with E-state index in [1.54, 1.807) is 18.2 Å². The number of carbonyl (C=O) groups excluding carboxylic acids is 2. The Hall–Kier alpha value is -2.57. The van der Waals surface area contributed by atoms with Crippen LogP contribution in [0.4, 0.5) is 5.69 Å². The molecule has 7 heteroatoms. The van der Waals surface area contributed by atoms with E-state index >= 15 is 0 Å². The van der Waals surface area contributed by atoms with Crippen LogP contribution >= 0.6 is 0 Å². The lowest BCUT2D eigenvalue weighted by atomic mass is 10.1. The molecule has 2 amide bonds. The van der Waals surface area contributed by atoms with Crippen molar-refractivity contribution in [2.24, 2.45) is 0 Å². The second-order valence-electron chi connectivity index (χ2n) is 3.66. The van der Waals surface area contributed by atoms with E-state index < -0.39 is 11.9 Å². The number of benzene rings is 1. The summed E-state index contributed by atoms with van der Waals surface area (Å²) in [6.07, 6.45) is 0. The third-order valence-electron chi connectivity index (χ3n) is 2.32. The lowest BCUT2D eigenvalue weighted by molar-refractivity contribution is -0.150. The maximum atomic E-state index is 11.1. The van der Waals surface area contributed by atoms with Crippen LogP contribution < -0.4 is 15.4 Å². The van der Waals surface area contributed by atoms with E-state index in [2.05, 4.69) is 10.6 Å². The number of aliphatic carboxylic acids is 1. The number of carboxylic acid groups (broad SMARTS) is 1. The first-order chi connectivity index (χ1) is 8.56. The quantitative estimate of drug-likeness (QED) is 0.626. The Morgan fingerprint density at radius 3 is 2.94 bits per heavy atom. The van der Waals surface area contributed by atoms with Gasteiger partial charge in [0.2, 0.25) is 0 Å². The van der Waals surface area contributed by atoms with Crippen LogP contribution in [0.15, 0.2) is 18.2 Å². The van der Waals surface area contributed by atoms with E-state index in [1.807, 2.05) is 0 Å². The van der Waals surface area contributed by atoms with Crippen molar-refractivity contribution in [3.8, 4) is 5.75 Å². The number of amides is 2. The Balaban J connectivity index is 2.07. The molecular formula is C11H10N2O5. The van der Waals surface area contributed by atoms with E-state index in [0.717, 1.165) is 0 Å². The van der Waals surface area contributed by atoms with Gasteiger partial charge in [0, 0.05) is 6.54 Å². The van der Waals surface area contributed by atoms with E-state index in [0.29, 0.717) is 17.0 Å². The van der Waals surface area contributed by atoms with Gasteiger partial charge in [0.05, 0.1) is 5.69 Å². The molecule has 0 aliphatic carbocycles. The van der Waals surface area contributed by atoms with Gasteiger partial charge >= 0.3 is 11.9 Å². The average Bonchev–Trinajstić information content (AvgIpc) is 2.35. The number of nitrogens with one attached hydrogen (secondary N) is 2. The van der Waals surface area contributed by atoms with Crippen molar-refractivity contribution in [1.29, 1.82) is 0 Å². The maximum Gasteiger partial charge on any atom is 0.394 e. The van der Waals surface area contributed by atoms with E-state index in [4.69, 9.17) is 9.84 Å². The number of ether oxygens (including phenoxy) is 1. The number of anilines is 1. The van der Waals surface area contributed by atoms with Gasteiger partial charge < -0.3 is 20.5 Å². The van der Waals surface area contributed by atoms with Crippen LogP contribution in [0.25, 0.3) is 0 Å². The predicted octanol–water partition coefficient (Wildman–Crippen LogP) is -0.282. The number of hydrogen-bond donors (Lipinski definition) is 3. The molecule has 0 spiro atoms. The minimum atomic E-state index is -1.54. The molecule has 3 N–H and O–H groups in total. The smallest absolute Gasteiger partial charge is 0.394 e. The molecule has 0 saturated heterocycles. The number of carbonyl (C=O) groups is 3. The zero-order valence-electron chi connectivity index (χ0n) is 9.23. The Labute approximate surface area is 102 Å². The molecule has 18 heavy (non-hydrogen) atoms. The van der Waals surface area contributed by atoms with Crippen LogP contribution in [-0.4, -0.2) is 29.5 Å². The molecule has 1 aliphatic heterocycles. The number of hydrogen-bond acceptors (Lipinski definition) is 4. The van der Waals surface area contributed by atoms with Gasteiger partial charge in [-0.15, -0.1) is 0 Å². The van der Waals surface area contributed by atoms with Crippen LogP contribution in [0.5, 0.6) is 5.75 Å². The van der Waals surface area contributed by atoms with Crippen molar-refractivity contribution in [3.63, 3.8) is 0 Å². The van der Waals surface area contributed by atoms with E-state index in [1.165, 1.54) is 0 Å². The van der Waals surface area contributed by atoms with Gasteiger partial charge in [0.15, 0.2) is 6.61 Å². The highest BCUT2D eigenvalue weighted by Crippen LogP contribution is 2.28. The zero-order valence-corrected chi connectivity index (χ0v) is 9.23. The summed E-state index contributed by atoms with van der Waals surface area (Å²) in [6, 6.07) is 4.95. The summed E-state index contributed by atoms with van der Waals surface area (Å²) in [5.74, 6) is -2.32. The average molecular weight is 250 g/mol. The van der Waals surface area contributed by atoms with Crippen molar-refractivity contribution >= 4 is 23.5 Å². The standard InChI is InChI=1S/C11H10N2O5/c14-9-5-18-8-2-1-6(3-7(8)13-9)4-12-10(15)11(16)17/h1-3H,4-5H2,(H,12,15)(H,13,14)(H,16,17). The summed E-state index contributed by atoms with van der Waals surface area (Å²) in [5, 5.41) is 13.2. The highest BCUT2D eigenvalue weighted by atomic mass is 16.5. The molecule has 0 aromatic heterocycles. The zero-order chi connectivity index (χ0) is 13.1. The second-order valence-corrected chi connectivity index (χ2v) is 3.66. The first-order valence-corrected chi connectivity index (χ1v) is 5.13. The summed E-state index contributed by atoms with van der Waals surface area (Å²) in [7, 11) is 0. The molecule has 0 radical (unpaired) electrons. The molecule has 2 rings (SSSR count). The van der Waals surface area contributed by atoms with E-state index in [9.17, 15) is 14.4 Å². The Kier molecular flexibility index (Phi) is 3.13. The third kappa shape index (κ3) is 2.57. The lowest BCUT2D eigenvalue weighted by Crippen LogP contribution is -2.30. The summed E-state index contributed by atoms with van der Waals surface area (Å²) in [5.41, 5.74) is 1.17. The molecule has 0 saturated carbocycles. The van der Waals surface area contributed by atoms with Gasteiger partial charge in [-0.2, -0.15) is 0 Å². The van der Waals surface area contributed by atoms with Gasteiger partial charge in [-0.05, 0) is 17.7 Å². The van der Waals surface area contributed by atoms with Crippen LogP contribution in [-0.2, 0) is 20.9 Å². The van der Waals surface area contributed by atoms with Gasteiger partial charge in [-0.3, -0.25) is 9.59 Å². The van der Waals surface area contributed by atoms with Crippen molar-refractivity contribution in [1.82, 2.24) is 5.32 Å². The van der Waals surface area contributed by atoms with Gasteiger partial charge in [-0.25, -0.2) is 4.79 Å². The molecule has 0 fully saturated rings. The molecule has 1 heterocycles. The normalized spacial score (nSPS) is 13.0. The van der Waals surface area contributed by atoms with Crippen LogP contribution in [0.2, 0.25) is 0 Å². The Morgan fingerprint density at radius 1 is 1.44 bits per heavy atom. The molecular weight excluding hydrogens is 240 g/mol. The Bertz CT molecular complexity index is 526. The van der Waals surface area contributed by atoms with Gasteiger partial charge in [0.25, 0.3) is 5.91 Å². The highest BCUT2D eigenvalue weighted by molar-refractivity contribution is 6.31. The molecule has 1 aromatic carbocycles. The molecule has 1 aliphatic rings. The highest BCUT2D eigenvalue weighted by Gasteiger charge is 2.16. The minimum Gasteiger partial charge on any atom is -0.482 e. The predicted molar refractivity (Wildman–Crippen MR) is 60.0 cm³/mol. The third-order valence-corrected chi connectivity index (χ3v) is 2.32. The van der Waals surface area contributed by atoms with Gasteiger partial charge in [-0.1, -0.05) is 6.07 Å². The minimum absolute atomic E-state index is 0.0257. The molecule has 0 unspecified atom stereocenters. The molecule has 94 valence electrons. The first kappa shape index (κ1) is 11.9. The molecule has 0 bridgehead atoms. The fourth-order valence-electron chi connectivity index (χ4n) is 1.50. The molecule has 1 aromatic rings. The molecule has 0 atom stereocenters. The second kappa shape index (κ2) is 4.74. The van der Waals surface area contributed by atoms with E-state index in [-0.39, 0.29) is 19.1 Å². The SMILES string of the molecule is O=C1COc2ccc(CNC(=O)C(=O)O)cc2N1. The topological polar surface area (TPSA) is 105 Å². The molecule has 7 nitrogen and oxygen atoms in total. The number of carboxylic acids is 1. The maximum absolute atomic E-state index is 11.1. The monoisotopic (exact) mass is 250 g/mol. The Morgan fingerprint density at radius 2 is 2.22 bits per heavy atom. The summed E-state index contributed by atoms with van der Waals surface area (Å²) in [6.45, 7) is 0.0381. The van der Waals surface area contributed by atoms with Crippen molar-refractivity contribution in [2.45, 2.75) is 6.54 Å². The first-order valence-electron chi connectivity index (χ1n) is 5.13. The van der Waals surface area contributed by atoms with Crippen LogP contribution in [0, 0.1) is 0 Å². The van der Waals surface area contributed by atoms with Crippen molar-refractivity contribution < 1.29 is 24.2 Å². The van der Waals surface area contributed by atoms with Crippen LogP contribution in [0.1, 0.15) is 5.56 Å². The van der Waals surface area contributed by atoms with Gasteiger partial charge in [0.1, 0.15) is 5.75 Å². The number of rotatable bonds is 2. The summed E-state index contributed by atoms with van der Waals surface area (Å²) in [4.78, 5) is 32.3. The summed E-state index contributed by atoms with van der Waals surface area (Å²) >= 11 is 0. The van der Waals surface area contributed by atoms with Crippen LogP contribution in [0.3, 0.4) is 0 Å². The lowest BCUT2D eigenvalue weighted by Gasteiger charge is -2.18. The number of fused-ring (bicyclic) bond motifs is 1. The summed E-state index contributed by atoms with van der Waals surface area (Å²) < 4.78 is 5.16. The fraction of sp³-hybridized carbons (Fsp3) is 0.182. The van der Waals surface area contributed by atoms with Crippen molar-refractivity contribution in [3.05, 3.63) is 23.8 Å².